The van der Waals surface area contributed by atoms with E-state index in [1.807, 2.05) is 0 Å². The second-order valence-corrected chi connectivity index (χ2v) is 3.91. The second-order valence-electron chi connectivity index (χ2n) is 3.48. The molecule has 0 aliphatic rings. The molecular weight excluding hydrogens is 267 g/mol. The molecule has 1 atom stereocenters. The van der Waals surface area contributed by atoms with Gasteiger partial charge in [0, 0.05) is 5.02 Å². The highest BCUT2D eigenvalue weighted by molar-refractivity contribution is 6.30. The van der Waals surface area contributed by atoms with Crippen LogP contribution in [0, 0.1) is 0 Å². The Morgan fingerprint density at radius 1 is 1.18 bits per heavy atom. The highest BCUT2D eigenvalue weighted by Crippen LogP contribution is 2.41. The summed E-state index contributed by atoms with van der Waals surface area (Å²) in [7, 11) is 0. The van der Waals surface area contributed by atoms with Crippen molar-refractivity contribution in [3.05, 3.63) is 34.9 Å². The van der Waals surface area contributed by atoms with Crippen molar-refractivity contribution in [2.45, 2.75) is 24.6 Å². The number of aliphatic hydroxyl groups excluding tert-OH is 1. The number of aliphatic hydroxyl groups is 1. The SMILES string of the molecule is OC(CC(F)(F)C(F)(F)F)c1cccc(Cl)c1. The van der Waals surface area contributed by atoms with Gasteiger partial charge in [0.1, 0.15) is 0 Å². The first kappa shape index (κ1) is 14.2. The summed E-state index contributed by atoms with van der Waals surface area (Å²) in [5.74, 6) is -4.94. The molecule has 1 aromatic rings. The third-order valence-electron chi connectivity index (χ3n) is 2.10. The van der Waals surface area contributed by atoms with Gasteiger partial charge in [-0.25, -0.2) is 0 Å². The molecular formula is C10H8ClF5O. The first-order chi connectivity index (χ1) is 7.63. The van der Waals surface area contributed by atoms with Gasteiger partial charge in [-0.05, 0) is 17.7 Å². The molecule has 0 aliphatic heterocycles. The predicted molar refractivity (Wildman–Crippen MR) is 52.0 cm³/mol. The van der Waals surface area contributed by atoms with Crippen molar-refractivity contribution in [3.63, 3.8) is 0 Å². The molecule has 17 heavy (non-hydrogen) atoms. The molecule has 0 spiro atoms. The topological polar surface area (TPSA) is 20.2 Å². The van der Waals surface area contributed by atoms with E-state index in [0.717, 1.165) is 6.07 Å². The number of halogens is 6. The number of hydrogen-bond donors (Lipinski definition) is 1. The van der Waals surface area contributed by atoms with E-state index in [1.165, 1.54) is 18.2 Å². The minimum Gasteiger partial charge on any atom is -0.388 e. The zero-order chi connectivity index (χ0) is 13.3. The van der Waals surface area contributed by atoms with Gasteiger partial charge in [-0.15, -0.1) is 0 Å². The number of rotatable bonds is 3. The van der Waals surface area contributed by atoms with E-state index in [2.05, 4.69) is 0 Å². The van der Waals surface area contributed by atoms with E-state index < -0.39 is 24.6 Å². The molecule has 1 rings (SSSR count). The van der Waals surface area contributed by atoms with Crippen LogP contribution in [0.1, 0.15) is 18.1 Å². The summed E-state index contributed by atoms with van der Waals surface area (Å²) in [5, 5.41) is 9.46. The van der Waals surface area contributed by atoms with Crippen molar-refractivity contribution in [1.82, 2.24) is 0 Å². The van der Waals surface area contributed by atoms with Gasteiger partial charge < -0.3 is 5.11 Å². The Balaban J connectivity index is 2.83. The average molecular weight is 275 g/mol. The Labute approximate surface area is 98.8 Å². The quantitative estimate of drug-likeness (QED) is 0.827. The maximum atomic E-state index is 12.6. The molecule has 1 nitrogen and oxygen atoms in total. The molecule has 0 amide bonds. The summed E-state index contributed by atoms with van der Waals surface area (Å²) < 4.78 is 61.0. The van der Waals surface area contributed by atoms with Crippen LogP contribution in [-0.4, -0.2) is 17.2 Å². The average Bonchev–Trinajstić information content (AvgIpc) is 2.15. The van der Waals surface area contributed by atoms with E-state index in [0.29, 0.717) is 0 Å². The molecule has 7 heteroatoms. The Morgan fingerprint density at radius 2 is 1.76 bits per heavy atom. The normalized spacial score (nSPS) is 14.8. The minimum atomic E-state index is -5.67. The molecule has 0 fully saturated rings. The highest BCUT2D eigenvalue weighted by Gasteiger charge is 2.58. The van der Waals surface area contributed by atoms with E-state index in [9.17, 15) is 27.1 Å². The van der Waals surface area contributed by atoms with Gasteiger partial charge in [-0.3, -0.25) is 0 Å². The van der Waals surface area contributed by atoms with Crippen LogP contribution in [0.3, 0.4) is 0 Å². The van der Waals surface area contributed by atoms with Crippen molar-refractivity contribution in [3.8, 4) is 0 Å². The van der Waals surface area contributed by atoms with Crippen LogP contribution >= 0.6 is 11.6 Å². The zero-order valence-electron chi connectivity index (χ0n) is 8.31. The molecule has 96 valence electrons. The molecule has 0 aromatic heterocycles. The molecule has 0 saturated carbocycles. The first-order valence-electron chi connectivity index (χ1n) is 4.51. The summed E-state index contributed by atoms with van der Waals surface area (Å²) in [5.41, 5.74) is -0.0820. The summed E-state index contributed by atoms with van der Waals surface area (Å²) >= 11 is 5.53. The molecule has 0 bridgehead atoms. The van der Waals surface area contributed by atoms with Crippen molar-refractivity contribution < 1.29 is 27.1 Å². The van der Waals surface area contributed by atoms with E-state index in [-0.39, 0.29) is 10.6 Å². The van der Waals surface area contributed by atoms with Gasteiger partial charge in [-0.1, -0.05) is 23.7 Å². The van der Waals surface area contributed by atoms with Gasteiger partial charge in [0.15, 0.2) is 0 Å². The summed E-state index contributed by atoms with van der Waals surface area (Å²) in [6, 6.07) is 5.13. The largest absolute Gasteiger partial charge is 0.453 e. The van der Waals surface area contributed by atoms with Crippen molar-refractivity contribution in [2.24, 2.45) is 0 Å². The number of benzene rings is 1. The summed E-state index contributed by atoms with van der Waals surface area (Å²) in [6.07, 6.45) is -9.33. The fourth-order valence-corrected chi connectivity index (χ4v) is 1.39. The molecule has 1 N–H and O–H groups in total. The van der Waals surface area contributed by atoms with Crippen LogP contribution in [0.25, 0.3) is 0 Å². The Hall–Kier alpha value is -0.880. The van der Waals surface area contributed by atoms with Gasteiger partial charge in [0.25, 0.3) is 0 Å². The molecule has 1 aromatic carbocycles. The van der Waals surface area contributed by atoms with Crippen molar-refractivity contribution >= 4 is 11.6 Å². The lowest BCUT2D eigenvalue weighted by molar-refractivity contribution is -0.290. The first-order valence-corrected chi connectivity index (χ1v) is 4.89. The standard InChI is InChI=1S/C10H8ClF5O/c11-7-3-1-2-6(4-7)8(17)5-9(12,13)10(14,15)16/h1-4,8,17H,5H2. The third kappa shape index (κ3) is 3.54. The molecule has 0 radical (unpaired) electrons. The van der Waals surface area contributed by atoms with Crippen LogP contribution in [0.2, 0.25) is 5.02 Å². The Bertz CT molecular complexity index is 391. The minimum absolute atomic E-state index is 0.0820. The van der Waals surface area contributed by atoms with Crippen molar-refractivity contribution in [1.29, 1.82) is 0 Å². The van der Waals surface area contributed by atoms with Crippen molar-refractivity contribution in [2.75, 3.05) is 0 Å². The lowest BCUT2D eigenvalue weighted by atomic mass is 10.0. The van der Waals surface area contributed by atoms with E-state index in [4.69, 9.17) is 11.6 Å². The zero-order valence-corrected chi connectivity index (χ0v) is 9.06. The highest BCUT2D eigenvalue weighted by atomic mass is 35.5. The predicted octanol–water partition coefficient (Wildman–Crippen LogP) is 3.96. The smallest absolute Gasteiger partial charge is 0.388 e. The summed E-state index contributed by atoms with van der Waals surface area (Å²) in [6.45, 7) is 0. The second kappa shape index (κ2) is 4.78. The van der Waals surface area contributed by atoms with Crippen LogP contribution in [0.5, 0.6) is 0 Å². The van der Waals surface area contributed by atoms with Gasteiger partial charge in [0.2, 0.25) is 0 Å². The number of alkyl halides is 5. The van der Waals surface area contributed by atoms with Crippen LogP contribution in [0.15, 0.2) is 24.3 Å². The lowest BCUT2D eigenvalue weighted by Gasteiger charge is -2.22. The molecule has 0 aliphatic carbocycles. The maximum Gasteiger partial charge on any atom is 0.453 e. The fourth-order valence-electron chi connectivity index (χ4n) is 1.19. The van der Waals surface area contributed by atoms with Gasteiger partial charge in [-0.2, -0.15) is 22.0 Å². The van der Waals surface area contributed by atoms with Crippen LogP contribution in [-0.2, 0) is 0 Å². The molecule has 0 heterocycles. The van der Waals surface area contributed by atoms with Gasteiger partial charge >= 0.3 is 12.1 Å². The monoisotopic (exact) mass is 274 g/mol. The molecule has 1 unspecified atom stereocenters. The Kier molecular flexibility index (Phi) is 3.99. The van der Waals surface area contributed by atoms with E-state index in [1.54, 1.807) is 0 Å². The lowest BCUT2D eigenvalue weighted by Crippen LogP contribution is -2.37. The van der Waals surface area contributed by atoms with Gasteiger partial charge in [0.05, 0.1) is 12.5 Å². The third-order valence-corrected chi connectivity index (χ3v) is 2.33. The maximum absolute atomic E-state index is 12.6. The summed E-state index contributed by atoms with van der Waals surface area (Å²) in [4.78, 5) is 0. The fraction of sp³-hybridized carbons (Fsp3) is 0.400. The number of hydrogen-bond acceptors (Lipinski definition) is 1. The molecule has 0 saturated heterocycles. The van der Waals surface area contributed by atoms with E-state index >= 15 is 0 Å². The Morgan fingerprint density at radius 3 is 2.24 bits per heavy atom. The van der Waals surface area contributed by atoms with Crippen LogP contribution < -0.4 is 0 Å². The van der Waals surface area contributed by atoms with Crippen LogP contribution in [0.4, 0.5) is 22.0 Å².